The number of aromatic nitrogens is 2. The van der Waals surface area contributed by atoms with Crippen molar-refractivity contribution in [2.45, 2.75) is 0 Å². The standard InChI is InChI=1S/C25H17IN2/c1-27-22-14-4-2-8-16(22)18-10-6-12-20(24(18)27)21-13-7-11-19-17-9-3-5-15-23(17)28(26)25(19)21/h2-15H,1H3. The molecule has 0 radical (unpaired) electrons. The fourth-order valence-corrected chi connectivity index (χ4v) is 5.58. The molecule has 0 N–H and O–H groups in total. The lowest BCUT2D eigenvalue weighted by Gasteiger charge is -2.10. The number of para-hydroxylation sites is 4. The molecule has 3 heteroatoms. The number of rotatable bonds is 1. The summed E-state index contributed by atoms with van der Waals surface area (Å²) >= 11 is 2.44. The van der Waals surface area contributed by atoms with E-state index in [0.29, 0.717) is 0 Å². The first-order valence-corrected chi connectivity index (χ1v) is 10.4. The predicted octanol–water partition coefficient (Wildman–Crippen LogP) is 7.30. The highest BCUT2D eigenvalue weighted by Crippen LogP contribution is 2.41. The number of hydrogen-bond acceptors (Lipinski definition) is 0. The van der Waals surface area contributed by atoms with E-state index in [1.54, 1.807) is 0 Å². The monoisotopic (exact) mass is 472 g/mol. The van der Waals surface area contributed by atoms with E-state index < -0.39 is 0 Å². The second-order valence-corrected chi connectivity index (χ2v) is 8.24. The van der Waals surface area contributed by atoms with Gasteiger partial charge in [0.15, 0.2) is 0 Å². The molecular weight excluding hydrogens is 455 g/mol. The van der Waals surface area contributed by atoms with Gasteiger partial charge in [-0.15, -0.1) is 0 Å². The summed E-state index contributed by atoms with van der Waals surface area (Å²) in [7, 11) is 2.17. The van der Waals surface area contributed by atoms with Gasteiger partial charge in [0.2, 0.25) is 0 Å². The molecule has 2 heterocycles. The molecule has 4 aromatic carbocycles. The van der Waals surface area contributed by atoms with Crippen molar-refractivity contribution in [1.82, 2.24) is 7.35 Å². The Labute approximate surface area is 176 Å². The second kappa shape index (κ2) is 5.85. The van der Waals surface area contributed by atoms with Crippen LogP contribution in [-0.2, 0) is 7.05 Å². The summed E-state index contributed by atoms with van der Waals surface area (Å²) in [6.45, 7) is 0. The van der Waals surface area contributed by atoms with E-state index in [1.165, 1.54) is 54.7 Å². The van der Waals surface area contributed by atoms with Crippen LogP contribution in [0.15, 0.2) is 84.9 Å². The van der Waals surface area contributed by atoms with Gasteiger partial charge in [0.25, 0.3) is 0 Å². The zero-order valence-electron chi connectivity index (χ0n) is 15.4. The van der Waals surface area contributed by atoms with Crippen LogP contribution in [0.4, 0.5) is 0 Å². The zero-order chi connectivity index (χ0) is 18.8. The fourth-order valence-electron chi connectivity index (χ4n) is 4.64. The van der Waals surface area contributed by atoms with Gasteiger partial charge in [0.05, 0.1) is 39.4 Å². The minimum atomic E-state index is 1.26. The van der Waals surface area contributed by atoms with Crippen LogP contribution in [0.25, 0.3) is 54.7 Å². The molecule has 6 rings (SSSR count). The number of aryl methyl sites for hydroxylation is 1. The third kappa shape index (κ3) is 2.02. The van der Waals surface area contributed by atoms with Crippen molar-refractivity contribution in [2.24, 2.45) is 7.05 Å². The summed E-state index contributed by atoms with van der Waals surface area (Å²) in [5.74, 6) is 0. The van der Waals surface area contributed by atoms with Gasteiger partial charge < -0.3 is 4.57 Å². The summed E-state index contributed by atoms with van der Waals surface area (Å²) in [4.78, 5) is 0. The molecule has 2 aromatic heterocycles. The highest BCUT2D eigenvalue weighted by atomic mass is 127. The second-order valence-electron chi connectivity index (χ2n) is 7.28. The van der Waals surface area contributed by atoms with Crippen LogP contribution in [0.5, 0.6) is 0 Å². The molecule has 0 spiro atoms. The SMILES string of the molecule is Cn1c2ccccc2c2cccc(-c3cccc4c5ccccc5n(I)c34)c21. The number of fused-ring (bicyclic) bond motifs is 6. The van der Waals surface area contributed by atoms with E-state index in [0.717, 1.165) is 0 Å². The molecule has 6 aromatic rings. The van der Waals surface area contributed by atoms with Crippen molar-refractivity contribution < 1.29 is 0 Å². The molecule has 28 heavy (non-hydrogen) atoms. The number of halogens is 1. The average molecular weight is 472 g/mol. The number of benzene rings is 4. The van der Waals surface area contributed by atoms with Gasteiger partial charge in [-0.05, 0) is 12.1 Å². The first-order chi connectivity index (χ1) is 13.8. The van der Waals surface area contributed by atoms with Crippen LogP contribution in [0, 0.1) is 0 Å². The van der Waals surface area contributed by atoms with Crippen molar-refractivity contribution in [3.05, 3.63) is 84.9 Å². The maximum absolute atomic E-state index is 2.44. The van der Waals surface area contributed by atoms with Crippen molar-refractivity contribution in [3.8, 4) is 11.1 Å². The maximum Gasteiger partial charge on any atom is 0.0669 e. The lowest BCUT2D eigenvalue weighted by molar-refractivity contribution is 1.02. The van der Waals surface area contributed by atoms with Crippen molar-refractivity contribution in [1.29, 1.82) is 0 Å². The highest BCUT2D eigenvalue weighted by molar-refractivity contribution is 14.1. The first kappa shape index (κ1) is 16.2. The number of hydrogen-bond donors (Lipinski definition) is 0. The van der Waals surface area contributed by atoms with Crippen molar-refractivity contribution >= 4 is 66.5 Å². The van der Waals surface area contributed by atoms with E-state index in [1.807, 2.05) is 0 Å². The summed E-state index contributed by atoms with van der Waals surface area (Å²) in [6, 6.07) is 30.7. The van der Waals surface area contributed by atoms with E-state index >= 15 is 0 Å². The molecule has 0 saturated carbocycles. The molecule has 2 nitrogen and oxygen atoms in total. The Morgan fingerprint density at radius 2 is 1.04 bits per heavy atom. The Morgan fingerprint density at radius 1 is 0.536 bits per heavy atom. The summed E-state index contributed by atoms with van der Waals surface area (Å²) in [5, 5.41) is 5.23. The van der Waals surface area contributed by atoms with Gasteiger partial charge in [-0.3, -0.25) is 2.78 Å². The Balaban J connectivity index is 1.81. The minimum absolute atomic E-state index is 1.26. The molecule has 134 valence electrons. The van der Waals surface area contributed by atoms with E-state index in [-0.39, 0.29) is 0 Å². The van der Waals surface area contributed by atoms with Gasteiger partial charge >= 0.3 is 0 Å². The van der Waals surface area contributed by atoms with Gasteiger partial charge in [-0.25, -0.2) is 0 Å². The van der Waals surface area contributed by atoms with Crippen LogP contribution in [0.3, 0.4) is 0 Å². The molecule has 0 aliphatic carbocycles. The Kier molecular flexibility index (Phi) is 3.38. The minimum Gasteiger partial charge on any atom is -0.343 e. The van der Waals surface area contributed by atoms with Gasteiger partial charge in [-0.1, -0.05) is 72.8 Å². The first-order valence-electron chi connectivity index (χ1n) is 9.40. The molecule has 0 atom stereocenters. The highest BCUT2D eigenvalue weighted by Gasteiger charge is 2.17. The van der Waals surface area contributed by atoms with E-state index in [9.17, 15) is 0 Å². The third-order valence-corrected chi connectivity index (χ3v) is 6.86. The largest absolute Gasteiger partial charge is 0.343 e. The summed E-state index contributed by atoms with van der Waals surface area (Å²) in [5.41, 5.74) is 7.66. The predicted molar refractivity (Wildman–Crippen MR) is 128 cm³/mol. The van der Waals surface area contributed by atoms with Gasteiger partial charge in [0, 0.05) is 45.2 Å². The van der Waals surface area contributed by atoms with Crippen LogP contribution in [-0.4, -0.2) is 7.35 Å². The summed E-state index contributed by atoms with van der Waals surface area (Å²) in [6.07, 6.45) is 0. The molecule has 0 bridgehead atoms. The van der Waals surface area contributed by atoms with Crippen LogP contribution in [0.1, 0.15) is 0 Å². The third-order valence-electron chi connectivity index (χ3n) is 5.86. The Morgan fingerprint density at radius 3 is 1.75 bits per heavy atom. The quantitative estimate of drug-likeness (QED) is 0.222. The molecule has 0 saturated heterocycles. The van der Waals surface area contributed by atoms with Crippen LogP contribution in [0.2, 0.25) is 0 Å². The van der Waals surface area contributed by atoms with Gasteiger partial charge in [-0.2, -0.15) is 0 Å². The Hall–Kier alpha value is -2.79. The van der Waals surface area contributed by atoms with Crippen LogP contribution >= 0.6 is 22.9 Å². The topological polar surface area (TPSA) is 9.86 Å². The normalized spacial score (nSPS) is 11.9. The number of nitrogens with zero attached hydrogens (tertiary/aromatic N) is 2. The average Bonchev–Trinajstić information content (AvgIpc) is 3.21. The molecule has 0 aliphatic rings. The molecule has 0 amide bonds. The maximum atomic E-state index is 2.44. The molecule has 0 unspecified atom stereocenters. The fraction of sp³-hybridized carbons (Fsp3) is 0.0400. The molecular formula is C25H17IN2. The lowest BCUT2D eigenvalue weighted by atomic mass is 9.99. The van der Waals surface area contributed by atoms with Crippen molar-refractivity contribution in [2.75, 3.05) is 0 Å². The molecule has 0 fully saturated rings. The molecule has 0 aliphatic heterocycles. The smallest absolute Gasteiger partial charge is 0.0669 e. The van der Waals surface area contributed by atoms with E-state index in [2.05, 4.69) is 122 Å². The van der Waals surface area contributed by atoms with Crippen molar-refractivity contribution in [3.63, 3.8) is 0 Å². The Bertz CT molecular complexity index is 1420. The lowest BCUT2D eigenvalue weighted by Crippen LogP contribution is -1.91. The van der Waals surface area contributed by atoms with Crippen LogP contribution < -0.4 is 0 Å². The zero-order valence-corrected chi connectivity index (χ0v) is 17.5. The van der Waals surface area contributed by atoms with E-state index in [4.69, 9.17) is 0 Å². The summed E-state index contributed by atoms with van der Waals surface area (Å²) < 4.78 is 4.64. The van der Waals surface area contributed by atoms with Gasteiger partial charge in [0.1, 0.15) is 0 Å².